The second-order valence-electron chi connectivity index (χ2n) is 11.9. The van der Waals surface area contributed by atoms with Gasteiger partial charge >= 0.3 is 12.1 Å². The van der Waals surface area contributed by atoms with Crippen LogP contribution in [0.3, 0.4) is 0 Å². The number of likely N-dealkylation sites (N-methyl/N-ethyl adjacent to an activating group) is 1. The van der Waals surface area contributed by atoms with Crippen molar-refractivity contribution < 1.29 is 37.3 Å². The number of pyridine rings is 1. The number of aliphatic hydroxyl groups is 1. The predicted octanol–water partition coefficient (Wildman–Crippen LogP) is 5.03. The summed E-state index contributed by atoms with van der Waals surface area (Å²) in [6.07, 6.45) is -3.44. The number of nitrogens with zero attached hydrogens (tertiary/aromatic N) is 3. The molecule has 2 aliphatic rings. The van der Waals surface area contributed by atoms with Crippen LogP contribution < -0.4 is 5.32 Å². The molecular formula is C34H39F3N4O5. The van der Waals surface area contributed by atoms with Gasteiger partial charge in [0.25, 0.3) is 0 Å². The third-order valence-electron chi connectivity index (χ3n) is 8.58. The van der Waals surface area contributed by atoms with Crippen molar-refractivity contribution >= 4 is 17.5 Å². The summed E-state index contributed by atoms with van der Waals surface area (Å²) in [5.74, 6) is -2.73. The van der Waals surface area contributed by atoms with Crippen molar-refractivity contribution in [2.24, 2.45) is 5.92 Å². The summed E-state index contributed by atoms with van der Waals surface area (Å²) < 4.78 is 52.4. The minimum absolute atomic E-state index is 0.0454. The van der Waals surface area contributed by atoms with Crippen LogP contribution in [0.15, 0.2) is 72.9 Å². The zero-order valence-electron chi connectivity index (χ0n) is 25.8. The van der Waals surface area contributed by atoms with Crippen molar-refractivity contribution in [3.8, 4) is 0 Å². The van der Waals surface area contributed by atoms with Crippen molar-refractivity contribution in [1.29, 1.82) is 0 Å². The predicted molar refractivity (Wildman–Crippen MR) is 164 cm³/mol. The van der Waals surface area contributed by atoms with E-state index in [1.807, 2.05) is 49.5 Å². The van der Waals surface area contributed by atoms with E-state index in [2.05, 4.69) is 22.1 Å². The first kappa shape index (κ1) is 33.5. The van der Waals surface area contributed by atoms with Gasteiger partial charge < -0.3 is 29.7 Å². The average Bonchev–Trinajstić information content (AvgIpc) is 3.55. The second-order valence-corrected chi connectivity index (χ2v) is 11.9. The van der Waals surface area contributed by atoms with Gasteiger partial charge in [-0.25, -0.2) is 0 Å². The van der Waals surface area contributed by atoms with E-state index in [0.717, 1.165) is 29.8 Å². The Labute approximate surface area is 266 Å². The van der Waals surface area contributed by atoms with Crippen molar-refractivity contribution in [1.82, 2.24) is 14.8 Å². The van der Waals surface area contributed by atoms with Gasteiger partial charge in [0.1, 0.15) is 6.04 Å². The normalized spacial score (nSPS) is 23.5. The Morgan fingerprint density at radius 2 is 1.85 bits per heavy atom. The van der Waals surface area contributed by atoms with Crippen molar-refractivity contribution in [2.75, 3.05) is 32.0 Å². The Balaban J connectivity index is 1.33. The zero-order valence-corrected chi connectivity index (χ0v) is 25.8. The van der Waals surface area contributed by atoms with Crippen molar-refractivity contribution in [3.63, 3.8) is 0 Å². The van der Waals surface area contributed by atoms with E-state index in [4.69, 9.17) is 9.47 Å². The molecule has 0 spiro atoms. The molecule has 246 valence electrons. The molecule has 2 fully saturated rings. The van der Waals surface area contributed by atoms with Gasteiger partial charge in [-0.1, -0.05) is 49.4 Å². The Morgan fingerprint density at radius 1 is 1.07 bits per heavy atom. The maximum atomic E-state index is 13.1. The molecule has 3 aromatic rings. The first-order valence-electron chi connectivity index (χ1n) is 15.4. The first-order chi connectivity index (χ1) is 22.0. The van der Waals surface area contributed by atoms with E-state index < -0.39 is 30.3 Å². The number of nitrogens with one attached hydrogen (secondary N) is 1. The molecule has 2 saturated heterocycles. The van der Waals surface area contributed by atoms with Gasteiger partial charge in [0.15, 0.2) is 6.29 Å². The van der Waals surface area contributed by atoms with E-state index in [1.165, 1.54) is 0 Å². The Morgan fingerprint density at radius 3 is 2.54 bits per heavy atom. The molecule has 0 radical (unpaired) electrons. The molecule has 3 heterocycles. The minimum Gasteiger partial charge on any atom is -0.392 e. The van der Waals surface area contributed by atoms with Crippen LogP contribution in [0, 0.1) is 5.92 Å². The smallest absolute Gasteiger partial charge is 0.392 e. The molecule has 0 aliphatic carbocycles. The summed E-state index contributed by atoms with van der Waals surface area (Å²) in [6.45, 7) is 3.25. The van der Waals surface area contributed by atoms with Crippen molar-refractivity contribution in [2.45, 2.75) is 63.5 Å². The van der Waals surface area contributed by atoms with E-state index in [0.29, 0.717) is 29.1 Å². The second kappa shape index (κ2) is 14.7. The first-order valence-corrected chi connectivity index (χ1v) is 15.4. The summed E-state index contributed by atoms with van der Waals surface area (Å²) in [5.41, 5.74) is 3.69. The Kier molecular flexibility index (Phi) is 10.7. The van der Waals surface area contributed by atoms with E-state index in [9.17, 15) is 27.9 Å². The highest BCUT2D eigenvalue weighted by atomic mass is 19.4. The molecule has 2 N–H and O–H groups in total. The molecule has 5 rings (SSSR count). The highest BCUT2D eigenvalue weighted by Crippen LogP contribution is 2.42. The lowest BCUT2D eigenvalue weighted by Crippen LogP contribution is -2.48. The lowest BCUT2D eigenvalue weighted by atomic mass is 9.90. The topological polar surface area (TPSA) is 104 Å². The summed E-state index contributed by atoms with van der Waals surface area (Å²) in [4.78, 5) is 32.1. The number of halogens is 3. The minimum atomic E-state index is -5.05. The molecule has 2 aromatic carbocycles. The number of aromatic nitrogens is 1. The number of alkyl halides is 3. The van der Waals surface area contributed by atoms with Gasteiger partial charge in [-0.2, -0.15) is 13.2 Å². The number of rotatable bonds is 10. The fourth-order valence-corrected chi connectivity index (χ4v) is 6.01. The number of amides is 2. The lowest BCUT2D eigenvalue weighted by Gasteiger charge is -2.42. The molecule has 46 heavy (non-hydrogen) atoms. The summed E-state index contributed by atoms with van der Waals surface area (Å²) in [7, 11) is 2.03. The molecule has 0 saturated carbocycles. The molecule has 5 unspecified atom stereocenters. The van der Waals surface area contributed by atoms with Crippen LogP contribution in [0.25, 0.3) is 0 Å². The van der Waals surface area contributed by atoms with Crippen LogP contribution in [0.2, 0.25) is 0 Å². The van der Waals surface area contributed by atoms with Gasteiger partial charge in [0.05, 0.1) is 18.8 Å². The quantitative estimate of drug-likeness (QED) is 0.321. The summed E-state index contributed by atoms with van der Waals surface area (Å²) in [6, 6.07) is 19.0. The van der Waals surface area contributed by atoms with Gasteiger partial charge in [-0.15, -0.1) is 0 Å². The fraction of sp³-hybridized carbons (Fsp3) is 0.441. The Hall–Kier alpha value is -3.84. The van der Waals surface area contributed by atoms with Crippen LogP contribution in [0.5, 0.6) is 0 Å². The average molecular weight is 641 g/mol. The number of hydrogen-bond donors (Lipinski definition) is 2. The van der Waals surface area contributed by atoms with Gasteiger partial charge in [0, 0.05) is 55.1 Å². The molecule has 9 nitrogen and oxygen atoms in total. The fourth-order valence-electron chi connectivity index (χ4n) is 6.01. The van der Waals surface area contributed by atoms with Crippen LogP contribution in [0.4, 0.5) is 18.9 Å². The zero-order chi connectivity index (χ0) is 32.8. The number of aliphatic hydroxyl groups excluding tert-OH is 1. The number of anilines is 1. The number of carbonyl (C=O) groups is 2. The highest BCUT2D eigenvalue weighted by Gasteiger charge is 2.47. The maximum Gasteiger partial charge on any atom is 0.471 e. The third-order valence-corrected chi connectivity index (χ3v) is 8.58. The van der Waals surface area contributed by atoms with E-state index >= 15 is 0 Å². The molecule has 5 atom stereocenters. The third kappa shape index (κ3) is 8.11. The van der Waals surface area contributed by atoms with Gasteiger partial charge in [-0.05, 0) is 55.3 Å². The molecule has 2 aliphatic heterocycles. The monoisotopic (exact) mass is 640 g/mol. The number of likely N-dealkylation sites (tertiary alicyclic amines) is 1. The molecule has 0 bridgehead atoms. The summed E-state index contributed by atoms with van der Waals surface area (Å²) >= 11 is 0. The molecule has 1 aromatic heterocycles. The van der Waals surface area contributed by atoms with Crippen LogP contribution >= 0.6 is 0 Å². The molecular weight excluding hydrogens is 601 g/mol. The van der Waals surface area contributed by atoms with Crippen LogP contribution in [-0.4, -0.2) is 76.7 Å². The van der Waals surface area contributed by atoms with Gasteiger partial charge in [0.2, 0.25) is 5.91 Å². The number of carbonyl (C=O) groups excluding carboxylic acids is 2. The standard InChI is InChI=1S/C34H39F3N4O5/c1-22-29(20-40(2)18-15-26-8-3-4-16-38-26)45-32(46-30(22)24-13-11-23(21-42)12-14-24)25-7-5-9-27(19-25)39-31(43)28-10-6-17-41(28)33(44)34(35,36)37/h3-5,7-9,11-14,16,19,22,28-30,32,42H,6,10,15,17-18,20-21H2,1-2H3,(H,39,43). The number of ether oxygens (including phenoxy) is 2. The SMILES string of the molecule is CC1C(CN(C)CCc2ccccn2)OC(c2cccc(NC(=O)C3CCCN3C(=O)C(F)(F)F)c2)OC1c1ccc(CO)cc1. The van der Waals surface area contributed by atoms with Crippen LogP contribution in [-0.2, 0) is 32.1 Å². The largest absolute Gasteiger partial charge is 0.471 e. The summed E-state index contributed by atoms with van der Waals surface area (Å²) in [5, 5.41) is 12.2. The molecule has 2 amide bonds. The number of benzene rings is 2. The van der Waals surface area contributed by atoms with E-state index in [1.54, 1.807) is 30.5 Å². The lowest BCUT2D eigenvalue weighted by molar-refractivity contribution is -0.275. The van der Waals surface area contributed by atoms with E-state index in [-0.39, 0.29) is 37.7 Å². The van der Waals surface area contributed by atoms with Crippen molar-refractivity contribution in [3.05, 3.63) is 95.3 Å². The highest BCUT2D eigenvalue weighted by molar-refractivity contribution is 5.98. The van der Waals surface area contributed by atoms with Gasteiger partial charge in [-0.3, -0.25) is 14.6 Å². The maximum absolute atomic E-state index is 13.1. The number of hydrogen-bond acceptors (Lipinski definition) is 7. The molecule has 12 heteroatoms. The van der Waals surface area contributed by atoms with Crippen LogP contribution in [0.1, 0.15) is 54.5 Å². The Bertz CT molecular complexity index is 1470.